The number of carboxylic acid groups (broad SMARTS) is 2. The number of hydrogen-bond donors (Lipinski definition) is 2. The van der Waals surface area contributed by atoms with Gasteiger partial charge in [-0.2, -0.15) is 0 Å². The second-order valence-corrected chi connectivity index (χ2v) is 1.04. The first kappa shape index (κ1) is 16.1. The van der Waals surface area contributed by atoms with Gasteiger partial charge in [0.2, 0.25) is 0 Å². The second kappa shape index (κ2) is 11.0. The zero-order valence-electron chi connectivity index (χ0n) is 5.29. The van der Waals surface area contributed by atoms with Crippen molar-refractivity contribution in [3.8, 4) is 0 Å². The molecule has 51 valence electrons. The van der Waals surface area contributed by atoms with Crippen LogP contribution in [0.25, 0.3) is 0 Å². The minimum absolute atomic E-state index is 0. The van der Waals surface area contributed by atoms with Crippen LogP contribution in [0.3, 0.4) is 0 Å². The van der Waals surface area contributed by atoms with Gasteiger partial charge in [-0.1, -0.05) is 0 Å². The molecule has 0 saturated heterocycles. The van der Waals surface area contributed by atoms with Gasteiger partial charge in [0.05, 0.1) is 0 Å². The molecule has 9 heavy (non-hydrogen) atoms. The topological polar surface area (TPSA) is 74.6 Å². The Balaban J connectivity index is -0.0000000720. The first-order chi connectivity index (χ1) is 3.46. The van der Waals surface area contributed by atoms with Crippen molar-refractivity contribution in [1.29, 1.82) is 0 Å². The average molecular weight is 259 g/mol. The van der Waals surface area contributed by atoms with Gasteiger partial charge in [-0.15, -0.1) is 0 Å². The van der Waals surface area contributed by atoms with Crippen LogP contribution in [0, 0.1) is 35.6 Å². The van der Waals surface area contributed by atoms with Crippen molar-refractivity contribution in [2.45, 2.75) is 13.8 Å². The van der Waals surface area contributed by atoms with E-state index >= 15 is 0 Å². The van der Waals surface area contributed by atoms with E-state index in [0.717, 1.165) is 13.8 Å². The van der Waals surface area contributed by atoms with Crippen molar-refractivity contribution in [1.82, 2.24) is 0 Å². The second-order valence-electron chi connectivity index (χ2n) is 1.04. The fraction of sp³-hybridized carbons (Fsp3) is 0.500. The SMILES string of the molecule is CC(=O)O.CC(=O)O.[La]. The molecule has 0 aliphatic rings. The van der Waals surface area contributed by atoms with Crippen LogP contribution < -0.4 is 0 Å². The molecular formula is C4H8LaO4. The molecule has 2 N–H and O–H groups in total. The van der Waals surface area contributed by atoms with Crippen molar-refractivity contribution < 1.29 is 55.4 Å². The van der Waals surface area contributed by atoms with Crippen molar-refractivity contribution in [2.75, 3.05) is 0 Å². The normalized spacial score (nSPS) is 5.56. The Morgan fingerprint density at radius 1 is 1.00 bits per heavy atom. The molecule has 4 nitrogen and oxygen atoms in total. The molecule has 0 amide bonds. The summed E-state index contributed by atoms with van der Waals surface area (Å²) in [5, 5.41) is 14.8. The third-order valence-electron chi connectivity index (χ3n) is 0. The Morgan fingerprint density at radius 3 is 1.00 bits per heavy atom. The Labute approximate surface area is 80.9 Å². The number of carboxylic acids is 2. The van der Waals surface area contributed by atoms with Crippen LogP contribution in [0.15, 0.2) is 0 Å². The number of rotatable bonds is 0. The fourth-order valence-corrected chi connectivity index (χ4v) is 0. The molecule has 0 aromatic carbocycles. The third-order valence-corrected chi connectivity index (χ3v) is 0. The first-order valence-corrected chi connectivity index (χ1v) is 1.86. The van der Waals surface area contributed by atoms with Crippen LogP contribution in [-0.2, 0) is 9.59 Å². The molecule has 0 saturated carbocycles. The first-order valence-electron chi connectivity index (χ1n) is 1.86. The van der Waals surface area contributed by atoms with Gasteiger partial charge in [0.15, 0.2) is 0 Å². The number of hydrogen-bond acceptors (Lipinski definition) is 2. The molecule has 0 aliphatic heterocycles. The van der Waals surface area contributed by atoms with Gasteiger partial charge in [-0.05, 0) is 0 Å². The standard InChI is InChI=1S/2C2H4O2.La/c2*1-2(3)4;/h2*1H3,(H,3,4);. The van der Waals surface area contributed by atoms with Crippen LogP contribution >= 0.6 is 0 Å². The molecule has 0 aromatic rings. The Morgan fingerprint density at radius 2 is 1.00 bits per heavy atom. The Bertz CT molecular complexity index is 70.6. The smallest absolute Gasteiger partial charge is 0.300 e. The number of aliphatic carboxylic acids is 2. The quantitative estimate of drug-likeness (QED) is 0.650. The Hall–Kier alpha value is 0.135. The summed E-state index contributed by atoms with van der Waals surface area (Å²) in [6.07, 6.45) is 0. The molecule has 0 rings (SSSR count). The molecule has 0 unspecified atom stereocenters. The van der Waals surface area contributed by atoms with Gasteiger partial charge in [0, 0.05) is 49.4 Å². The molecule has 0 atom stereocenters. The average Bonchev–Trinajstić information content (AvgIpc) is 1.25. The van der Waals surface area contributed by atoms with E-state index in [2.05, 4.69) is 0 Å². The predicted octanol–water partition coefficient (Wildman–Crippen LogP) is 0.182. The van der Waals surface area contributed by atoms with Crippen molar-refractivity contribution in [3.05, 3.63) is 0 Å². The van der Waals surface area contributed by atoms with Crippen LogP contribution in [0.2, 0.25) is 0 Å². The van der Waals surface area contributed by atoms with E-state index in [0.29, 0.717) is 0 Å². The summed E-state index contributed by atoms with van der Waals surface area (Å²) >= 11 is 0. The van der Waals surface area contributed by atoms with Gasteiger partial charge in [-0.25, -0.2) is 0 Å². The van der Waals surface area contributed by atoms with E-state index < -0.39 is 11.9 Å². The van der Waals surface area contributed by atoms with E-state index in [4.69, 9.17) is 19.8 Å². The summed E-state index contributed by atoms with van der Waals surface area (Å²) in [5.41, 5.74) is 0. The summed E-state index contributed by atoms with van der Waals surface area (Å²) in [6, 6.07) is 0. The van der Waals surface area contributed by atoms with E-state index in [1.165, 1.54) is 0 Å². The minimum Gasteiger partial charge on any atom is -0.481 e. The third kappa shape index (κ3) is 16800. The van der Waals surface area contributed by atoms with Crippen molar-refractivity contribution in [3.63, 3.8) is 0 Å². The largest absolute Gasteiger partial charge is 0.481 e. The van der Waals surface area contributed by atoms with Gasteiger partial charge in [0.1, 0.15) is 0 Å². The maximum Gasteiger partial charge on any atom is 0.300 e. The molecule has 0 fully saturated rings. The predicted molar refractivity (Wildman–Crippen MR) is 26.6 cm³/mol. The maximum atomic E-state index is 9.00. The molecule has 0 aliphatic carbocycles. The molecular weight excluding hydrogens is 251 g/mol. The minimum atomic E-state index is -0.833. The summed E-state index contributed by atoms with van der Waals surface area (Å²) in [6.45, 7) is 2.17. The summed E-state index contributed by atoms with van der Waals surface area (Å²) < 4.78 is 0. The molecule has 5 heteroatoms. The number of carbonyl (C=O) groups is 2. The van der Waals surface area contributed by atoms with E-state index in [1.54, 1.807) is 0 Å². The summed E-state index contributed by atoms with van der Waals surface area (Å²) in [7, 11) is 0. The summed E-state index contributed by atoms with van der Waals surface area (Å²) in [5.74, 6) is -1.67. The monoisotopic (exact) mass is 259 g/mol. The van der Waals surface area contributed by atoms with E-state index in [9.17, 15) is 0 Å². The Kier molecular flexibility index (Phi) is 19.6. The molecule has 0 bridgehead atoms. The fourth-order valence-electron chi connectivity index (χ4n) is 0. The van der Waals surface area contributed by atoms with Gasteiger partial charge >= 0.3 is 0 Å². The molecule has 0 heterocycles. The van der Waals surface area contributed by atoms with E-state index in [-0.39, 0.29) is 35.6 Å². The molecule has 0 spiro atoms. The molecule has 0 aromatic heterocycles. The zero-order chi connectivity index (χ0) is 7.15. The summed E-state index contributed by atoms with van der Waals surface area (Å²) in [4.78, 5) is 18.0. The zero-order valence-corrected chi connectivity index (χ0v) is 8.91. The van der Waals surface area contributed by atoms with Gasteiger partial charge < -0.3 is 10.2 Å². The van der Waals surface area contributed by atoms with Crippen LogP contribution in [0.4, 0.5) is 0 Å². The maximum absolute atomic E-state index is 9.00. The van der Waals surface area contributed by atoms with E-state index in [1.807, 2.05) is 0 Å². The van der Waals surface area contributed by atoms with Gasteiger partial charge in [-0.3, -0.25) is 9.59 Å². The molecule has 1 radical (unpaired) electrons. The van der Waals surface area contributed by atoms with Crippen LogP contribution in [0.5, 0.6) is 0 Å². The van der Waals surface area contributed by atoms with Crippen LogP contribution in [-0.4, -0.2) is 22.2 Å². The van der Waals surface area contributed by atoms with Gasteiger partial charge in [0.25, 0.3) is 11.9 Å². The van der Waals surface area contributed by atoms with Crippen molar-refractivity contribution >= 4 is 11.9 Å². The van der Waals surface area contributed by atoms with Crippen LogP contribution in [0.1, 0.15) is 13.8 Å². The van der Waals surface area contributed by atoms with Crippen molar-refractivity contribution in [2.24, 2.45) is 0 Å².